The molecule has 3 N–H and O–H groups in total. The first-order valence-corrected chi connectivity index (χ1v) is 4.10. The molecule has 0 aliphatic carbocycles. The molecule has 0 unspecified atom stereocenters. The van der Waals surface area contributed by atoms with Gasteiger partial charge in [0.15, 0.2) is 0 Å². The van der Waals surface area contributed by atoms with E-state index in [1.807, 2.05) is 0 Å². The fraction of sp³-hybridized carbons (Fsp3) is 0. The largest absolute Gasteiger partial charge is 0.477 e. The van der Waals surface area contributed by atoms with E-state index >= 15 is 0 Å². The second kappa shape index (κ2) is 3.09. The van der Waals surface area contributed by atoms with E-state index in [9.17, 15) is 9.59 Å². The summed E-state index contributed by atoms with van der Waals surface area (Å²) < 4.78 is 1.14. The number of nitrogens with zero attached hydrogens (tertiary/aromatic N) is 2. The minimum Gasteiger partial charge on any atom is -0.477 e. The molecule has 2 aromatic heterocycles. The lowest BCUT2D eigenvalue weighted by Crippen LogP contribution is -2.22. The fourth-order valence-corrected chi connectivity index (χ4v) is 1.24. The van der Waals surface area contributed by atoms with Crippen molar-refractivity contribution in [1.29, 1.82) is 0 Å². The van der Waals surface area contributed by atoms with Crippen LogP contribution >= 0.6 is 0 Å². The Hall–Kier alpha value is -2.37. The molecule has 0 aliphatic heterocycles. The Kier molecular flexibility index (Phi) is 1.89. The second-order valence-electron chi connectivity index (χ2n) is 2.97. The summed E-state index contributed by atoms with van der Waals surface area (Å²) in [7, 11) is 0. The van der Waals surface area contributed by atoms with Crippen molar-refractivity contribution in [2.45, 2.75) is 0 Å². The van der Waals surface area contributed by atoms with Crippen molar-refractivity contribution in [2.24, 2.45) is 0 Å². The van der Waals surface area contributed by atoms with E-state index in [4.69, 9.17) is 10.8 Å². The van der Waals surface area contributed by atoms with E-state index in [1.165, 1.54) is 18.3 Å². The van der Waals surface area contributed by atoms with Crippen LogP contribution in [0.2, 0.25) is 0 Å². The van der Waals surface area contributed by atoms with Gasteiger partial charge in [-0.15, -0.1) is 0 Å². The van der Waals surface area contributed by atoms with Crippen LogP contribution in [0.4, 0.5) is 5.69 Å². The van der Waals surface area contributed by atoms with E-state index in [-0.39, 0.29) is 5.56 Å². The van der Waals surface area contributed by atoms with Crippen molar-refractivity contribution in [3.63, 3.8) is 0 Å². The topological polar surface area (TPSA) is 97.7 Å². The van der Waals surface area contributed by atoms with Gasteiger partial charge in [-0.25, -0.2) is 9.78 Å². The van der Waals surface area contributed by atoms with Gasteiger partial charge >= 0.3 is 5.97 Å². The number of pyridine rings is 1. The SMILES string of the molecule is Nc1ccn2c(=O)c(C(=O)O)cnc2c1. The number of anilines is 1. The highest BCUT2D eigenvalue weighted by molar-refractivity contribution is 5.87. The van der Waals surface area contributed by atoms with Gasteiger partial charge in [0.25, 0.3) is 5.56 Å². The number of carboxylic acid groups (broad SMARTS) is 1. The second-order valence-corrected chi connectivity index (χ2v) is 2.97. The van der Waals surface area contributed by atoms with Crippen LogP contribution in [0.15, 0.2) is 29.3 Å². The minimum atomic E-state index is -1.29. The number of hydrogen-bond acceptors (Lipinski definition) is 4. The third-order valence-corrected chi connectivity index (χ3v) is 1.96. The van der Waals surface area contributed by atoms with Gasteiger partial charge in [-0.1, -0.05) is 0 Å². The summed E-state index contributed by atoms with van der Waals surface area (Å²) >= 11 is 0. The summed E-state index contributed by atoms with van der Waals surface area (Å²) in [4.78, 5) is 26.1. The van der Waals surface area contributed by atoms with Crippen LogP contribution in [-0.2, 0) is 0 Å². The molecule has 6 nitrogen and oxygen atoms in total. The highest BCUT2D eigenvalue weighted by Gasteiger charge is 2.10. The summed E-state index contributed by atoms with van der Waals surface area (Å²) in [6, 6.07) is 2.99. The molecule has 0 radical (unpaired) electrons. The van der Waals surface area contributed by atoms with E-state index in [0.29, 0.717) is 11.3 Å². The van der Waals surface area contributed by atoms with Gasteiger partial charge in [0.05, 0.1) is 0 Å². The van der Waals surface area contributed by atoms with Crippen LogP contribution in [0.1, 0.15) is 10.4 Å². The normalized spacial score (nSPS) is 10.4. The molecule has 0 spiro atoms. The molecule has 2 aromatic rings. The number of carboxylic acids is 1. The predicted molar refractivity (Wildman–Crippen MR) is 52.8 cm³/mol. The van der Waals surface area contributed by atoms with Gasteiger partial charge in [0.1, 0.15) is 11.2 Å². The zero-order valence-corrected chi connectivity index (χ0v) is 7.54. The van der Waals surface area contributed by atoms with E-state index < -0.39 is 11.5 Å². The van der Waals surface area contributed by atoms with Crippen LogP contribution in [0.25, 0.3) is 5.65 Å². The summed E-state index contributed by atoms with van der Waals surface area (Å²) in [5, 5.41) is 8.70. The molecular weight excluding hydrogens is 198 g/mol. The number of carbonyl (C=O) groups is 1. The quantitative estimate of drug-likeness (QED) is 0.681. The Morgan fingerprint density at radius 1 is 1.53 bits per heavy atom. The van der Waals surface area contributed by atoms with Gasteiger partial charge in [0, 0.05) is 24.1 Å². The average molecular weight is 205 g/mol. The van der Waals surface area contributed by atoms with Crippen LogP contribution in [0.3, 0.4) is 0 Å². The predicted octanol–water partition coefficient (Wildman–Crippen LogP) is -0.0251. The molecule has 0 fully saturated rings. The van der Waals surface area contributed by atoms with Crippen molar-refractivity contribution < 1.29 is 9.90 Å². The fourth-order valence-electron chi connectivity index (χ4n) is 1.24. The van der Waals surface area contributed by atoms with Crippen molar-refractivity contribution in [3.05, 3.63) is 40.4 Å². The maximum absolute atomic E-state index is 11.6. The highest BCUT2D eigenvalue weighted by atomic mass is 16.4. The van der Waals surface area contributed by atoms with Gasteiger partial charge in [-0.05, 0) is 6.07 Å². The first kappa shape index (κ1) is 9.20. The zero-order valence-electron chi connectivity index (χ0n) is 7.54. The average Bonchev–Trinajstić information content (AvgIpc) is 2.17. The minimum absolute atomic E-state index is 0.324. The number of nitrogens with two attached hydrogens (primary N) is 1. The number of hydrogen-bond donors (Lipinski definition) is 2. The van der Waals surface area contributed by atoms with Crippen molar-refractivity contribution in [2.75, 3.05) is 5.73 Å². The Labute approximate surface area is 83.6 Å². The molecule has 2 rings (SSSR count). The van der Waals surface area contributed by atoms with Gasteiger partial charge < -0.3 is 10.8 Å². The lowest BCUT2D eigenvalue weighted by Gasteiger charge is -2.01. The molecule has 76 valence electrons. The standard InChI is InChI=1S/C9H7N3O3/c10-5-1-2-12-7(3-5)11-4-6(8(12)13)9(14)15/h1-4H,10H2,(H,14,15). The first-order chi connectivity index (χ1) is 7.09. The Bertz CT molecular complexity index is 603. The molecule has 0 aliphatic rings. The molecule has 0 saturated carbocycles. The van der Waals surface area contributed by atoms with Crippen LogP contribution in [0, 0.1) is 0 Å². The molecule has 2 heterocycles. The molecule has 6 heteroatoms. The van der Waals surface area contributed by atoms with Crippen LogP contribution in [-0.4, -0.2) is 20.5 Å². The molecule has 0 bridgehead atoms. The molecular formula is C9H7N3O3. The lowest BCUT2D eigenvalue weighted by atomic mass is 10.3. The molecule has 15 heavy (non-hydrogen) atoms. The number of nitrogen functional groups attached to an aromatic ring is 1. The number of rotatable bonds is 1. The third-order valence-electron chi connectivity index (χ3n) is 1.96. The van der Waals surface area contributed by atoms with Crippen LogP contribution in [0.5, 0.6) is 0 Å². The van der Waals surface area contributed by atoms with Crippen molar-refractivity contribution in [3.8, 4) is 0 Å². The lowest BCUT2D eigenvalue weighted by molar-refractivity contribution is 0.0694. The van der Waals surface area contributed by atoms with Crippen molar-refractivity contribution >= 4 is 17.3 Å². The third kappa shape index (κ3) is 1.41. The van der Waals surface area contributed by atoms with E-state index in [0.717, 1.165) is 10.6 Å². The van der Waals surface area contributed by atoms with E-state index in [1.54, 1.807) is 0 Å². The highest BCUT2D eigenvalue weighted by Crippen LogP contribution is 2.04. The monoisotopic (exact) mass is 205 g/mol. The molecule has 0 aromatic carbocycles. The summed E-state index contributed by atoms with van der Waals surface area (Å²) in [6.45, 7) is 0. The van der Waals surface area contributed by atoms with Crippen molar-refractivity contribution in [1.82, 2.24) is 9.38 Å². The van der Waals surface area contributed by atoms with Crippen LogP contribution < -0.4 is 11.3 Å². The van der Waals surface area contributed by atoms with Gasteiger partial charge in [-0.2, -0.15) is 0 Å². The van der Waals surface area contributed by atoms with E-state index in [2.05, 4.69) is 4.98 Å². The summed E-state index contributed by atoms with van der Waals surface area (Å²) in [5.74, 6) is -1.29. The molecule has 0 atom stereocenters. The summed E-state index contributed by atoms with van der Waals surface area (Å²) in [6.07, 6.45) is 2.42. The Balaban J connectivity index is 2.86. The van der Waals surface area contributed by atoms with Gasteiger partial charge in [-0.3, -0.25) is 9.20 Å². The maximum Gasteiger partial charge on any atom is 0.342 e. The number of aromatic carboxylic acids is 1. The smallest absolute Gasteiger partial charge is 0.342 e. The molecule has 0 amide bonds. The Morgan fingerprint density at radius 3 is 2.93 bits per heavy atom. The first-order valence-electron chi connectivity index (χ1n) is 4.10. The zero-order chi connectivity index (χ0) is 11.0. The molecule has 0 saturated heterocycles. The Morgan fingerprint density at radius 2 is 2.27 bits per heavy atom. The maximum atomic E-state index is 11.6. The number of fused-ring (bicyclic) bond motifs is 1. The summed E-state index contributed by atoms with van der Waals surface area (Å²) in [5.41, 5.74) is 5.31. The van der Waals surface area contributed by atoms with Gasteiger partial charge in [0.2, 0.25) is 0 Å². The number of aromatic nitrogens is 2.